The van der Waals surface area contributed by atoms with Crippen LogP contribution in [0, 0.1) is 0 Å². The highest BCUT2D eigenvalue weighted by Gasteiger charge is 2.12. The number of carbonyl (C=O) groups is 1. The van der Waals surface area contributed by atoms with Crippen LogP contribution in [0.2, 0.25) is 0 Å². The van der Waals surface area contributed by atoms with Crippen molar-refractivity contribution in [2.75, 3.05) is 31.7 Å². The number of rotatable bonds is 6. The lowest BCUT2D eigenvalue weighted by Gasteiger charge is -2.19. The van der Waals surface area contributed by atoms with E-state index in [1.165, 1.54) is 5.56 Å². The zero-order valence-corrected chi connectivity index (χ0v) is 14.2. The normalized spacial score (nSPS) is 12.4. The Morgan fingerprint density at radius 1 is 1.08 bits per heavy atom. The number of benzene rings is 2. The van der Waals surface area contributed by atoms with Gasteiger partial charge in [0.2, 0.25) is 0 Å². The molecule has 0 saturated heterocycles. The van der Waals surface area contributed by atoms with Crippen molar-refractivity contribution < 1.29 is 19.0 Å². The molecule has 3 rings (SSSR count). The first-order valence-corrected chi connectivity index (χ1v) is 8.41. The molecule has 0 fully saturated rings. The van der Waals surface area contributed by atoms with Gasteiger partial charge in [-0.3, -0.25) is 0 Å². The molecular weight excluding hydrogens is 320 g/mol. The maximum atomic E-state index is 11.9. The van der Waals surface area contributed by atoms with Gasteiger partial charge in [0.25, 0.3) is 0 Å². The molecule has 1 heterocycles. The Morgan fingerprint density at radius 3 is 2.60 bits per heavy atom. The van der Waals surface area contributed by atoms with E-state index in [1.54, 1.807) is 18.2 Å². The van der Waals surface area contributed by atoms with E-state index >= 15 is 0 Å². The first-order chi connectivity index (χ1) is 12.2. The van der Waals surface area contributed by atoms with Crippen molar-refractivity contribution >= 4 is 11.7 Å². The van der Waals surface area contributed by atoms with Crippen molar-refractivity contribution in [2.45, 2.75) is 13.3 Å². The summed E-state index contributed by atoms with van der Waals surface area (Å²) in [6.07, 6.45) is 1.00. The van der Waals surface area contributed by atoms with Gasteiger partial charge in [-0.05, 0) is 36.2 Å². The monoisotopic (exact) mass is 342 g/mol. The van der Waals surface area contributed by atoms with Gasteiger partial charge < -0.3 is 24.8 Å². The summed E-state index contributed by atoms with van der Waals surface area (Å²) in [6, 6.07) is 13.0. The maximum Gasteiger partial charge on any atom is 0.319 e. The number of ether oxygens (including phenoxy) is 3. The molecule has 0 radical (unpaired) electrons. The third-order valence-electron chi connectivity index (χ3n) is 3.79. The molecule has 132 valence electrons. The highest BCUT2D eigenvalue weighted by Crippen LogP contribution is 2.32. The summed E-state index contributed by atoms with van der Waals surface area (Å²) in [5.41, 5.74) is 1.92. The fourth-order valence-corrected chi connectivity index (χ4v) is 2.45. The van der Waals surface area contributed by atoms with Gasteiger partial charge in [0.05, 0.1) is 6.54 Å². The molecule has 1 aliphatic heterocycles. The Morgan fingerprint density at radius 2 is 1.84 bits per heavy atom. The second-order valence-electron chi connectivity index (χ2n) is 5.59. The van der Waals surface area contributed by atoms with Crippen LogP contribution in [0.25, 0.3) is 0 Å². The molecule has 2 aromatic rings. The average molecular weight is 342 g/mol. The molecule has 2 amide bonds. The van der Waals surface area contributed by atoms with E-state index in [4.69, 9.17) is 14.2 Å². The molecule has 2 aromatic carbocycles. The maximum absolute atomic E-state index is 11.9. The summed E-state index contributed by atoms with van der Waals surface area (Å²) in [5.74, 6) is 2.13. The number of amides is 2. The summed E-state index contributed by atoms with van der Waals surface area (Å²) < 4.78 is 16.5. The predicted octanol–water partition coefficient (Wildman–Crippen LogP) is 3.22. The number of fused-ring (bicyclic) bond motifs is 1. The predicted molar refractivity (Wildman–Crippen MR) is 95.8 cm³/mol. The first kappa shape index (κ1) is 17.0. The zero-order chi connectivity index (χ0) is 17.5. The van der Waals surface area contributed by atoms with Crippen molar-refractivity contribution in [2.24, 2.45) is 0 Å². The summed E-state index contributed by atoms with van der Waals surface area (Å²) in [7, 11) is 0. The van der Waals surface area contributed by atoms with E-state index in [0.717, 1.165) is 12.2 Å². The van der Waals surface area contributed by atoms with Crippen LogP contribution in [0.3, 0.4) is 0 Å². The summed E-state index contributed by atoms with van der Waals surface area (Å²) >= 11 is 0. The van der Waals surface area contributed by atoms with Crippen LogP contribution in [-0.2, 0) is 6.42 Å². The van der Waals surface area contributed by atoms with Crippen molar-refractivity contribution in [3.8, 4) is 17.2 Å². The largest absolute Gasteiger partial charge is 0.492 e. The smallest absolute Gasteiger partial charge is 0.319 e. The number of hydrogen-bond donors (Lipinski definition) is 2. The van der Waals surface area contributed by atoms with Crippen LogP contribution in [0.5, 0.6) is 17.2 Å². The molecule has 0 aliphatic carbocycles. The number of hydrogen-bond acceptors (Lipinski definition) is 4. The van der Waals surface area contributed by atoms with Crippen molar-refractivity contribution in [3.05, 3.63) is 48.0 Å². The standard InChI is InChI=1S/C19H22N2O4/c1-2-14-3-6-16(7-4-14)23-10-9-20-19(22)21-15-5-8-17-18(13-15)25-12-11-24-17/h3-8,13H,2,9-12H2,1H3,(H2,20,21,22). The van der Waals surface area contributed by atoms with E-state index in [-0.39, 0.29) is 6.03 Å². The third-order valence-corrected chi connectivity index (χ3v) is 3.79. The van der Waals surface area contributed by atoms with Crippen molar-refractivity contribution in [3.63, 3.8) is 0 Å². The number of nitrogens with one attached hydrogen (secondary N) is 2. The molecule has 0 bridgehead atoms. The minimum Gasteiger partial charge on any atom is -0.492 e. The van der Waals surface area contributed by atoms with Crippen LogP contribution in [-0.4, -0.2) is 32.4 Å². The lowest BCUT2D eigenvalue weighted by molar-refractivity contribution is 0.171. The van der Waals surface area contributed by atoms with E-state index in [9.17, 15) is 4.79 Å². The lowest BCUT2D eigenvalue weighted by atomic mass is 10.2. The second-order valence-corrected chi connectivity index (χ2v) is 5.59. The number of urea groups is 1. The Kier molecular flexibility index (Phi) is 5.61. The summed E-state index contributed by atoms with van der Waals surface area (Å²) in [4.78, 5) is 11.9. The van der Waals surface area contributed by atoms with Gasteiger partial charge in [-0.15, -0.1) is 0 Å². The van der Waals surface area contributed by atoms with Crippen LogP contribution in [0.4, 0.5) is 10.5 Å². The summed E-state index contributed by atoms with van der Waals surface area (Å²) in [5, 5.41) is 5.52. The van der Waals surface area contributed by atoms with Gasteiger partial charge in [-0.1, -0.05) is 19.1 Å². The van der Waals surface area contributed by atoms with Gasteiger partial charge in [-0.2, -0.15) is 0 Å². The molecule has 0 atom stereocenters. The molecule has 6 nitrogen and oxygen atoms in total. The molecule has 1 aliphatic rings. The Labute approximate surface area is 147 Å². The quantitative estimate of drug-likeness (QED) is 0.791. The molecule has 2 N–H and O–H groups in total. The Balaban J connectivity index is 1.40. The molecular formula is C19H22N2O4. The molecule has 0 spiro atoms. The molecule has 0 unspecified atom stereocenters. The second kappa shape index (κ2) is 8.28. The minimum absolute atomic E-state index is 0.290. The van der Waals surface area contributed by atoms with Gasteiger partial charge in [0.1, 0.15) is 25.6 Å². The van der Waals surface area contributed by atoms with Crippen molar-refractivity contribution in [1.29, 1.82) is 0 Å². The highest BCUT2D eigenvalue weighted by atomic mass is 16.6. The highest BCUT2D eigenvalue weighted by molar-refractivity contribution is 5.89. The van der Waals surface area contributed by atoms with Crippen LogP contribution >= 0.6 is 0 Å². The number of aryl methyl sites for hydroxylation is 1. The molecule has 0 aromatic heterocycles. The number of carbonyl (C=O) groups excluding carboxylic acids is 1. The zero-order valence-electron chi connectivity index (χ0n) is 14.2. The van der Waals surface area contributed by atoms with Crippen LogP contribution in [0.15, 0.2) is 42.5 Å². The van der Waals surface area contributed by atoms with E-state index in [2.05, 4.69) is 17.6 Å². The van der Waals surface area contributed by atoms with Crippen LogP contribution in [0.1, 0.15) is 12.5 Å². The molecule has 0 saturated carbocycles. The molecule has 25 heavy (non-hydrogen) atoms. The van der Waals surface area contributed by atoms with Gasteiger partial charge in [0.15, 0.2) is 11.5 Å². The average Bonchev–Trinajstić information content (AvgIpc) is 2.65. The Bertz CT molecular complexity index is 716. The van der Waals surface area contributed by atoms with Crippen LogP contribution < -0.4 is 24.8 Å². The van der Waals surface area contributed by atoms with Gasteiger partial charge >= 0.3 is 6.03 Å². The first-order valence-electron chi connectivity index (χ1n) is 8.41. The van der Waals surface area contributed by atoms with E-state index < -0.39 is 0 Å². The summed E-state index contributed by atoms with van der Waals surface area (Å²) in [6.45, 7) is 3.98. The Hall–Kier alpha value is -2.89. The van der Waals surface area contributed by atoms with Gasteiger partial charge in [-0.25, -0.2) is 4.79 Å². The molecule has 6 heteroatoms. The minimum atomic E-state index is -0.290. The topological polar surface area (TPSA) is 68.8 Å². The van der Waals surface area contributed by atoms with E-state index in [1.807, 2.05) is 24.3 Å². The lowest BCUT2D eigenvalue weighted by Crippen LogP contribution is -2.32. The van der Waals surface area contributed by atoms with Crippen molar-refractivity contribution in [1.82, 2.24) is 5.32 Å². The SMILES string of the molecule is CCc1ccc(OCCNC(=O)Nc2ccc3c(c2)OCCO3)cc1. The number of anilines is 1. The van der Waals surface area contributed by atoms with E-state index in [0.29, 0.717) is 43.6 Å². The van der Waals surface area contributed by atoms with Gasteiger partial charge in [0, 0.05) is 11.8 Å². The fraction of sp³-hybridized carbons (Fsp3) is 0.316. The fourth-order valence-electron chi connectivity index (χ4n) is 2.45. The third kappa shape index (κ3) is 4.79.